The lowest BCUT2D eigenvalue weighted by atomic mass is 9.88. The summed E-state index contributed by atoms with van der Waals surface area (Å²) >= 11 is 0. The molecule has 5 nitrogen and oxygen atoms in total. The van der Waals surface area contributed by atoms with Crippen LogP contribution in [0.1, 0.15) is 56.2 Å². The molecular weight excluding hydrogens is 448 g/mol. The topological polar surface area (TPSA) is 58.6 Å². The van der Waals surface area contributed by atoms with Crippen molar-refractivity contribution < 1.29 is 14.3 Å². The van der Waals surface area contributed by atoms with Gasteiger partial charge in [-0.1, -0.05) is 93.6 Å². The third kappa shape index (κ3) is 7.45. The van der Waals surface area contributed by atoms with Crippen molar-refractivity contribution >= 4 is 11.8 Å². The van der Waals surface area contributed by atoms with Gasteiger partial charge in [0.25, 0.3) is 0 Å². The van der Waals surface area contributed by atoms with E-state index in [1.807, 2.05) is 67.6 Å². The minimum absolute atomic E-state index is 0.0462. The molecule has 3 rings (SSSR count). The van der Waals surface area contributed by atoms with Crippen LogP contribution in [0, 0.1) is 5.92 Å². The number of hydrogen-bond donors (Lipinski definition) is 1. The van der Waals surface area contributed by atoms with Crippen LogP contribution >= 0.6 is 0 Å². The first-order valence-electron chi connectivity index (χ1n) is 12.7. The summed E-state index contributed by atoms with van der Waals surface area (Å²) in [6.07, 6.45) is 0.811. The SMILES string of the molecule is CC[C@H](C(=O)NCC(C)C)N(Cc1ccc(OC)cc1)C(=O)CC(c1ccccc1)c1ccccc1. The molecule has 36 heavy (non-hydrogen) atoms. The van der Waals surface area contributed by atoms with Gasteiger partial charge in [0, 0.05) is 25.4 Å². The summed E-state index contributed by atoms with van der Waals surface area (Å²) in [7, 11) is 1.63. The van der Waals surface area contributed by atoms with E-state index in [9.17, 15) is 9.59 Å². The molecule has 1 atom stereocenters. The number of hydrogen-bond acceptors (Lipinski definition) is 3. The summed E-state index contributed by atoms with van der Waals surface area (Å²) < 4.78 is 5.29. The molecule has 0 fully saturated rings. The molecule has 0 radical (unpaired) electrons. The van der Waals surface area contributed by atoms with Crippen molar-refractivity contribution in [2.45, 2.75) is 52.1 Å². The van der Waals surface area contributed by atoms with Gasteiger partial charge in [-0.3, -0.25) is 9.59 Å². The number of ether oxygens (including phenoxy) is 1. The van der Waals surface area contributed by atoms with Gasteiger partial charge in [-0.25, -0.2) is 0 Å². The van der Waals surface area contributed by atoms with Crippen LogP contribution in [0.25, 0.3) is 0 Å². The zero-order valence-electron chi connectivity index (χ0n) is 21.8. The van der Waals surface area contributed by atoms with Gasteiger partial charge in [-0.2, -0.15) is 0 Å². The highest BCUT2D eigenvalue weighted by Crippen LogP contribution is 2.29. The number of carbonyl (C=O) groups is 2. The van der Waals surface area contributed by atoms with Crippen molar-refractivity contribution in [2.24, 2.45) is 5.92 Å². The highest BCUT2D eigenvalue weighted by molar-refractivity contribution is 5.88. The van der Waals surface area contributed by atoms with E-state index in [1.165, 1.54) is 0 Å². The zero-order valence-corrected chi connectivity index (χ0v) is 21.8. The van der Waals surface area contributed by atoms with E-state index in [4.69, 9.17) is 4.74 Å². The van der Waals surface area contributed by atoms with Crippen LogP contribution in [-0.4, -0.2) is 36.4 Å². The summed E-state index contributed by atoms with van der Waals surface area (Å²) in [6.45, 7) is 7.01. The molecule has 5 heteroatoms. The fourth-order valence-corrected chi connectivity index (χ4v) is 4.36. The maximum atomic E-state index is 14.0. The number of amides is 2. The molecule has 1 N–H and O–H groups in total. The van der Waals surface area contributed by atoms with E-state index >= 15 is 0 Å². The molecule has 0 spiro atoms. The van der Waals surface area contributed by atoms with Gasteiger partial charge in [0.1, 0.15) is 11.8 Å². The maximum Gasteiger partial charge on any atom is 0.242 e. The minimum atomic E-state index is -0.550. The third-order valence-electron chi connectivity index (χ3n) is 6.37. The number of carbonyl (C=O) groups excluding carboxylic acids is 2. The standard InChI is InChI=1S/C31H38N2O3/c1-5-29(31(35)32-21-23(2)3)33(22-24-16-18-27(36-4)19-17-24)30(34)20-28(25-12-8-6-9-13-25)26-14-10-7-11-15-26/h6-19,23,28-29H,5,20-22H2,1-4H3,(H,32,35)/t29-/m1/s1. The fourth-order valence-electron chi connectivity index (χ4n) is 4.36. The molecular formula is C31H38N2O3. The minimum Gasteiger partial charge on any atom is -0.497 e. The normalized spacial score (nSPS) is 11.8. The van der Waals surface area contributed by atoms with Crippen molar-refractivity contribution in [1.82, 2.24) is 10.2 Å². The van der Waals surface area contributed by atoms with Crippen LogP contribution in [0.3, 0.4) is 0 Å². The predicted octanol–water partition coefficient (Wildman–Crippen LogP) is 5.80. The molecule has 0 saturated heterocycles. The van der Waals surface area contributed by atoms with E-state index in [0.717, 1.165) is 22.4 Å². The predicted molar refractivity (Wildman–Crippen MR) is 145 cm³/mol. The number of rotatable bonds is 12. The largest absolute Gasteiger partial charge is 0.497 e. The van der Waals surface area contributed by atoms with Crippen molar-refractivity contribution in [2.75, 3.05) is 13.7 Å². The smallest absolute Gasteiger partial charge is 0.242 e. The summed E-state index contributed by atoms with van der Waals surface area (Å²) in [5.74, 6) is 0.831. The van der Waals surface area contributed by atoms with Gasteiger partial charge in [0.15, 0.2) is 0 Å². The lowest BCUT2D eigenvalue weighted by Gasteiger charge is -2.32. The molecule has 0 heterocycles. The van der Waals surface area contributed by atoms with Crippen molar-refractivity contribution in [3.05, 3.63) is 102 Å². The van der Waals surface area contributed by atoms with Crippen molar-refractivity contribution in [3.63, 3.8) is 0 Å². The number of methoxy groups -OCH3 is 1. The van der Waals surface area contributed by atoms with Crippen LogP contribution in [0.2, 0.25) is 0 Å². The van der Waals surface area contributed by atoms with Crippen LogP contribution in [0.15, 0.2) is 84.9 Å². The highest BCUT2D eigenvalue weighted by atomic mass is 16.5. The monoisotopic (exact) mass is 486 g/mol. The summed E-state index contributed by atoms with van der Waals surface area (Å²) in [4.78, 5) is 29.0. The second kappa shape index (κ2) is 13.5. The summed E-state index contributed by atoms with van der Waals surface area (Å²) in [5, 5.41) is 3.04. The van der Waals surface area contributed by atoms with Crippen LogP contribution in [-0.2, 0) is 16.1 Å². The van der Waals surface area contributed by atoms with E-state index in [0.29, 0.717) is 25.4 Å². The van der Waals surface area contributed by atoms with E-state index in [-0.39, 0.29) is 24.2 Å². The first-order chi connectivity index (χ1) is 17.4. The Balaban J connectivity index is 1.93. The summed E-state index contributed by atoms with van der Waals surface area (Å²) in [6, 6.07) is 27.3. The molecule has 190 valence electrons. The van der Waals surface area contributed by atoms with Crippen molar-refractivity contribution in [3.8, 4) is 5.75 Å². The molecule has 3 aromatic carbocycles. The van der Waals surface area contributed by atoms with Crippen LogP contribution < -0.4 is 10.1 Å². The van der Waals surface area contributed by atoms with Crippen LogP contribution in [0.5, 0.6) is 5.75 Å². The quantitative estimate of drug-likeness (QED) is 0.352. The average Bonchev–Trinajstić information content (AvgIpc) is 2.91. The highest BCUT2D eigenvalue weighted by Gasteiger charge is 2.30. The Morgan fingerprint density at radius 1 is 0.861 bits per heavy atom. The summed E-state index contributed by atoms with van der Waals surface area (Å²) in [5.41, 5.74) is 3.12. The molecule has 0 unspecified atom stereocenters. The number of nitrogens with zero attached hydrogens (tertiary/aromatic N) is 1. The number of benzene rings is 3. The van der Waals surface area contributed by atoms with Gasteiger partial charge in [0.2, 0.25) is 11.8 Å². The van der Waals surface area contributed by atoms with Gasteiger partial charge in [-0.05, 0) is 41.2 Å². The molecule has 0 aromatic heterocycles. The van der Waals surface area contributed by atoms with E-state index in [2.05, 4.69) is 43.4 Å². The second-order valence-electron chi connectivity index (χ2n) is 9.51. The first kappa shape index (κ1) is 27.0. The van der Waals surface area contributed by atoms with Gasteiger partial charge in [0.05, 0.1) is 7.11 Å². The third-order valence-corrected chi connectivity index (χ3v) is 6.37. The van der Waals surface area contributed by atoms with Gasteiger partial charge >= 0.3 is 0 Å². The number of nitrogens with one attached hydrogen (secondary N) is 1. The Kier molecular flexibility index (Phi) is 10.1. The van der Waals surface area contributed by atoms with Gasteiger partial charge < -0.3 is 15.0 Å². The fraction of sp³-hybridized carbons (Fsp3) is 0.355. The lowest BCUT2D eigenvalue weighted by molar-refractivity contribution is -0.141. The molecule has 0 aliphatic heterocycles. The van der Waals surface area contributed by atoms with E-state index < -0.39 is 6.04 Å². The average molecular weight is 487 g/mol. The Bertz CT molecular complexity index is 1040. The molecule has 0 aliphatic rings. The molecule has 0 bridgehead atoms. The Hall–Kier alpha value is -3.60. The van der Waals surface area contributed by atoms with Crippen LogP contribution in [0.4, 0.5) is 0 Å². The van der Waals surface area contributed by atoms with E-state index in [1.54, 1.807) is 12.0 Å². The maximum absolute atomic E-state index is 14.0. The Morgan fingerprint density at radius 3 is 1.89 bits per heavy atom. The molecule has 0 saturated carbocycles. The Morgan fingerprint density at radius 2 is 1.42 bits per heavy atom. The zero-order chi connectivity index (χ0) is 25.9. The lowest BCUT2D eigenvalue weighted by Crippen LogP contribution is -2.49. The second-order valence-corrected chi connectivity index (χ2v) is 9.51. The first-order valence-corrected chi connectivity index (χ1v) is 12.7. The van der Waals surface area contributed by atoms with Gasteiger partial charge in [-0.15, -0.1) is 0 Å². The molecule has 3 aromatic rings. The Labute approximate surface area is 215 Å². The molecule has 0 aliphatic carbocycles. The van der Waals surface area contributed by atoms with Crippen molar-refractivity contribution in [1.29, 1.82) is 0 Å². The molecule has 2 amide bonds.